The number of nitrogens with zero attached hydrogens (tertiary/aromatic N) is 4. The Morgan fingerprint density at radius 2 is 1.77 bits per heavy atom. The number of aliphatic hydroxyl groups is 1. The third-order valence-electron chi connectivity index (χ3n) is 8.15. The van der Waals surface area contributed by atoms with Crippen LogP contribution in [0.2, 0.25) is 0 Å². The highest BCUT2D eigenvalue weighted by Crippen LogP contribution is 2.50. The number of amides is 1. The molecule has 0 radical (unpaired) electrons. The summed E-state index contributed by atoms with van der Waals surface area (Å²) in [7, 11) is 0. The summed E-state index contributed by atoms with van der Waals surface area (Å²) in [6, 6.07) is 10.9. The fraction of sp³-hybridized carbons (Fsp3) is 0.357. The summed E-state index contributed by atoms with van der Waals surface area (Å²) in [6.45, 7) is -3.21. The molecule has 206 valence electrons. The van der Waals surface area contributed by atoms with Crippen molar-refractivity contribution < 1.29 is 32.2 Å². The summed E-state index contributed by atoms with van der Waals surface area (Å²) in [5.41, 5.74) is 0.607. The van der Waals surface area contributed by atoms with Crippen molar-refractivity contribution in [3.05, 3.63) is 71.4 Å². The lowest BCUT2D eigenvalue weighted by molar-refractivity contribution is -0.110. The second-order valence-electron chi connectivity index (χ2n) is 10.5. The smallest absolute Gasteiger partial charge is 0.387 e. The lowest BCUT2D eigenvalue weighted by atomic mass is 9.82. The van der Waals surface area contributed by atoms with Crippen LogP contribution in [0.15, 0.2) is 48.7 Å². The maximum Gasteiger partial charge on any atom is 0.387 e. The molecule has 0 unspecified atom stereocenters. The summed E-state index contributed by atoms with van der Waals surface area (Å²) in [4.78, 5) is 26.5. The number of alkyl halides is 4. The van der Waals surface area contributed by atoms with Crippen molar-refractivity contribution in [3.8, 4) is 17.0 Å². The first kappa shape index (κ1) is 24.9. The van der Waals surface area contributed by atoms with E-state index in [1.807, 2.05) is 28.8 Å². The number of halogens is 4. The molecular weight excluding hydrogens is 530 g/mol. The Morgan fingerprint density at radius 1 is 1.02 bits per heavy atom. The van der Waals surface area contributed by atoms with Crippen molar-refractivity contribution in [1.82, 2.24) is 24.8 Å². The Bertz CT molecular complexity index is 1660. The average molecular weight is 554 g/mol. The van der Waals surface area contributed by atoms with Gasteiger partial charge in [-0.05, 0) is 49.6 Å². The van der Waals surface area contributed by atoms with Crippen molar-refractivity contribution in [2.75, 3.05) is 0 Å². The molecule has 1 amide bonds. The van der Waals surface area contributed by atoms with E-state index in [4.69, 9.17) is 9.72 Å². The number of para-hydroxylation sites is 2. The van der Waals surface area contributed by atoms with Crippen LogP contribution >= 0.6 is 0 Å². The quantitative estimate of drug-likeness (QED) is 0.334. The Labute approximate surface area is 225 Å². The van der Waals surface area contributed by atoms with Gasteiger partial charge in [0.1, 0.15) is 17.2 Å². The second-order valence-corrected chi connectivity index (χ2v) is 10.5. The SMILES string of the molecule is O=C1N[C@@H]2C[C@H](c3c1ccc(-c1ccnc(C4(O)CCC(F)(F)CC4)n1)c3OC(F)F)n1c2nc2ccccc21. The summed E-state index contributed by atoms with van der Waals surface area (Å²) in [5, 5.41) is 14.1. The van der Waals surface area contributed by atoms with E-state index >= 15 is 0 Å². The minimum Gasteiger partial charge on any atom is -0.434 e. The number of nitrogens with one attached hydrogen (secondary N) is 1. The van der Waals surface area contributed by atoms with Gasteiger partial charge in [0.25, 0.3) is 5.91 Å². The molecule has 1 fully saturated rings. The van der Waals surface area contributed by atoms with Crippen LogP contribution in [-0.4, -0.2) is 43.1 Å². The van der Waals surface area contributed by atoms with Crippen molar-refractivity contribution >= 4 is 16.9 Å². The van der Waals surface area contributed by atoms with Gasteiger partial charge in [-0.25, -0.2) is 23.7 Å². The molecule has 8 nitrogen and oxygen atoms in total. The number of imidazole rings is 1. The molecule has 0 spiro atoms. The van der Waals surface area contributed by atoms with Gasteiger partial charge in [-0.15, -0.1) is 0 Å². The molecule has 2 aliphatic heterocycles. The molecule has 12 heteroatoms. The van der Waals surface area contributed by atoms with E-state index in [9.17, 15) is 27.5 Å². The largest absolute Gasteiger partial charge is 0.434 e. The fourth-order valence-corrected chi connectivity index (χ4v) is 6.21. The van der Waals surface area contributed by atoms with Gasteiger partial charge < -0.3 is 19.7 Å². The third-order valence-corrected chi connectivity index (χ3v) is 8.15. The van der Waals surface area contributed by atoms with E-state index in [0.717, 1.165) is 5.52 Å². The molecule has 2 aromatic heterocycles. The minimum atomic E-state index is -3.21. The van der Waals surface area contributed by atoms with Gasteiger partial charge >= 0.3 is 6.61 Å². The summed E-state index contributed by atoms with van der Waals surface area (Å²) < 4.78 is 62.5. The summed E-state index contributed by atoms with van der Waals surface area (Å²) >= 11 is 0. The number of ether oxygens (including phenoxy) is 1. The first-order valence-corrected chi connectivity index (χ1v) is 13.0. The van der Waals surface area contributed by atoms with Gasteiger partial charge in [0.15, 0.2) is 5.82 Å². The Balaban J connectivity index is 1.40. The van der Waals surface area contributed by atoms with E-state index < -0.39 is 49.0 Å². The molecule has 40 heavy (non-hydrogen) atoms. The van der Waals surface area contributed by atoms with Crippen LogP contribution in [0.4, 0.5) is 17.6 Å². The number of fused-ring (bicyclic) bond motifs is 9. The second kappa shape index (κ2) is 8.72. The topological polar surface area (TPSA) is 102 Å². The molecule has 7 rings (SSSR count). The van der Waals surface area contributed by atoms with E-state index in [1.54, 1.807) is 0 Å². The summed E-state index contributed by atoms with van der Waals surface area (Å²) in [6.07, 6.45) is 0.212. The van der Waals surface area contributed by atoms with Gasteiger partial charge in [0.2, 0.25) is 5.92 Å². The highest BCUT2D eigenvalue weighted by Gasteiger charge is 2.46. The van der Waals surface area contributed by atoms with Crippen molar-refractivity contribution in [2.45, 2.75) is 62.3 Å². The van der Waals surface area contributed by atoms with Crippen LogP contribution in [-0.2, 0) is 5.60 Å². The first-order chi connectivity index (χ1) is 19.1. The normalized spacial score (nSPS) is 22.5. The zero-order chi connectivity index (χ0) is 27.8. The van der Waals surface area contributed by atoms with Gasteiger partial charge in [0.05, 0.1) is 28.8 Å². The molecule has 1 aliphatic carbocycles. The number of hydrogen-bond acceptors (Lipinski definition) is 6. The van der Waals surface area contributed by atoms with Gasteiger partial charge in [-0.1, -0.05) is 12.1 Å². The Morgan fingerprint density at radius 3 is 2.55 bits per heavy atom. The van der Waals surface area contributed by atoms with E-state index in [-0.39, 0.29) is 46.8 Å². The minimum absolute atomic E-state index is 0.0694. The van der Waals surface area contributed by atoms with Crippen LogP contribution in [0.1, 0.15) is 71.8 Å². The molecule has 3 aliphatic rings. The number of carbonyl (C=O) groups is 1. The first-order valence-electron chi connectivity index (χ1n) is 13.0. The van der Waals surface area contributed by atoms with E-state index in [0.29, 0.717) is 17.8 Å². The molecule has 2 aromatic carbocycles. The van der Waals surface area contributed by atoms with Crippen LogP contribution in [0.5, 0.6) is 5.75 Å². The molecule has 2 N–H and O–H groups in total. The molecule has 2 atom stereocenters. The van der Waals surface area contributed by atoms with Crippen molar-refractivity contribution in [1.29, 1.82) is 0 Å². The van der Waals surface area contributed by atoms with Gasteiger partial charge in [-0.3, -0.25) is 4.79 Å². The third kappa shape index (κ3) is 3.84. The standard InChI is InChI=1S/C28H23F4N5O3/c29-26(30)40-22-14(16-7-12-33-25(36-16)27(39)8-10-28(31,32)11-9-27)5-6-15-21(22)20-13-18(35-24(15)38)23-34-17-3-1-2-4-19(17)37(20)23/h1-7,12,18,20,26,39H,8-11,13H2,(H,35,38)/t18-,20-/m1/s1. The van der Waals surface area contributed by atoms with E-state index in [1.165, 1.54) is 24.4 Å². The average Bonchev–Trinajstić information content (AvgIpc) is 3.43. The van der Waals surface area contributed by atoms with Crippen LogP contribution in [0.3, 0.4) is 0 Å². The zero-order valence-electron chi connectivity index (χ0n) is 21.0. The predicted molar refractivity (Wildman–Crippen MR) is 134 cm³/mol. The van der Waals surface area contributed by atoms with Crippen LogP contribution in [0, 0.1) is 0 Å². The van der Waals surface area contributed by atoms with E-state index in [2.05, 4.69) is 15.3 Å². The lowest BCUT2D eigenvalue weighted by Gasteiger charge is -2.34. The molecule has 4 heterocycles. The van der Waals surface area contributed by atoms with Crippen LogP contribution < -0.4 is 10.1 Å². The van der Waals surface area contributed by atoms with Gasteiger partial charge in [0, 0.05) is 35.7 Å². The fourth-order valence-electron chi connectivity index (χ4n) is 6.21. The van der Waals surface area contributed by atoms with Gasteiger partial charge in [-0.2, -0.15) is 8.78 Å². The molecule has 2 bridgehead atoms. The van der Waals surface area contributed by atoms with Crippen molar-refractivity contribution in [2.24, 2.45) is 0 Å². The maximum absolute atomic E-state index is 13.9. The lowest BCUT2D eigenvalue weighted by Crippen LogP contribution is -2.37. The van der Waals surface area contributed by atoms with Crippen molar-refractivity contribution in [3.63, 3.8) is 0 Å². The number of hydrogen-bond donors (Lipinski definition) is 2. The monoisotopic (exact) mass is 553 g/mol. The summed E-state index contributed by atoms with van der Waals surface area (Å²) in [5.74, 6) is -2.98. The number of rotatable bonds is 4. The Hall–Kier alpha value is -4.06. The molecular formula is C28H23F4N5O3. The molecule has 4 aromatic rings. The Kier molecular flexibility index (Phi) is 5.44. The maximum atomic E-state index is 13.9. The number of aromatic nitrogens is 4. The molecule has 0 saturated heterocycles. The molecule has 1 saturated carbocycles. The zero-order valence-corrected chi connectivity index (χ0v) is 21.0. The number of carbonyl (C=O) groups excluding carboxylic acids is 1. The highest BCUT2D eigenvalue weighted by atomic mass is 19.3. The highest BCUT2D eigenvalue weighted by molar-refractivity contribution is 5.99. The predicted octanol–water partition coefficient (Wildman–Crippen LogP) is 5.27. The van der Waals surface area contributed by atoms with Crippen LogP contribution in [0.25, 0.3) is 22.3 Å². The number of benzene rings is 2.